The average molecular weight is 314 g/mol. The standard InChI is InChI=1S/C19H23FN2O/c1-14(16-10-6-7-11-17(16)20)22(2)19(23)13-12-18(21)15-8-4-3-5-9-15/h3-11,14,18H,12-13,21H2,1-2H3/t14-,18-/m1/s1. The first-order chi connectivity index (χ1) is 11.0. The average Bonchev–Trinajstić information content (AvgIpc) is 2.59. The van der Waals surface area contributed by atoms with Crippen LogP contribution < -0.4 is 5.73 Å². The molecule has 1 amide bonds. The van der Waals surface area contributed by atoms with Gasteiger partial charge in [0.2, 0.25) is 5.91 Å². The zero-order valence-corrected chi connectivity index (χ0v) is 13.6. The van der Waals surface area contributed by atoms with E-state index in [1.165, 1.54) is 6.07 Å². The lowest BCUT2D eigenvalue weighted by Crippen LogP contribution is -2.30. The maximum Gasteiger partial charge on any atom is 0.222 e. The second-order valence-electron chi connectivity index (χ2n) is 5.76. The van der Waals surface area contributed by atoms with E-state index in [-0.39, 0.29) is 23.8 Å². The number of halogens is 1. The first kappa shape index (κ1) is 17.2. The number of carbonyl (C=O) groups excluding carboxylic acids is 1. The minimum Gasteiger partial charge on any atom is -0.339 e. The normalized spacial score (nSPS) is 13.4. The fourth-order valence-electron chi connectivity index (χ4n) is 2.56. The van der Waals surface area contributed by atoms with Crippen LogP contribution in [0.25, 0.3) is 0 Å². The second-order valence-corrected chi connectivity index (χ2v) is 5.76. The van der Waals surface area contributed by atoms with Crippen molar-refractivity contribution < 1.29 is 9.18 Å². The molecule has 122 valence electrons. The number of hydrogen-bond acceptors (Lipinski definition) is 2. The number of benzene rings is 2. The Balaban J connectivity index is 1.94. The molecule has 2 aromatic rings. The molecule has 0 unspecified atom stereocenters. The molecule has 3 nitrogen and oxygen atoms in total. The van der Waals surface area contributed by atoms with Crippen LogP contribution in [0.3, 0.4) is 0 Å². The smallest absolute Gasteiger partial charge is 0.222 e. The highest BCUT2D eigenvalue weighted by Gasteiger charge is 2.20. The van der Waals surface area contributed by atoms with Crippen molar-refractivity contribution in [1.82, 2.24) is 4.90 Å². The minimum atomic E-state index is -0.309. The molecule has 0 aliphatic rings. The van der Waals surface area contributed by atoms with E-state index in [0.717, 1.165) is 5.56 Å². The molecule has 0 aromatic heterocycles. The number of carbonyl (C=O) groups is 1. The fourth-order valence-corrected chi connectivity index (χ4v) is 2.56. The lowest BCUT2D eigenvalue weighted by molar-refractivity contribution is -0.132. The van der Waals surface area contributed by atoms with E-state index in [2.05, 4.69) is 0 Å². The topological polar surface area (TPSA) is 46.3 Å². The monoisotopic (exact) mass is 314 g/mol. The van der Waals surface area contributed by atoms with Crippen LogP contribution in [0, 0.1) is 5.82 Å². The van der Waals surface area contributed by atoms with Crippen molar-refractivity contribution in [2.75, 3.05) is 7.05 Å². The minimum absolute atomic E-state index is 0.0351. The highest BCUT2D eigenvalue weighted by Crippen LogP contribution is 2.23. The van der Waals surface area contributed by atoms with Gasteiger partial charge in [0.05, 0.1) is 6.04 Å². The molecule has 0 heterocycles. The van der Waals surface area contributed by atoms with Gasteiger partial charge in [0.15, 0.2) is 0 Å². The van der Waals surface area contributed by atoms with Crippen molar-refractivity contribution in [3.63, 3.8) is 0 Å². The van der Waals surface area contributed by atoms with Gasteiger partial charge in [-0.05, 0) is 25.0 Å². The summed E-state index contributed by atoms with van der Waals surface area (Å²) in [5.41, 5.74) is 7.67. The zero-order valence-electron chi connectivity index (χ0n) is 13.6. The molecule has 0 saturated heterocycles. The molecule has 23 heavy (non-hydrogen) atoms. The van der Waals surface area contributed by atoms with Crippen LogP contribution >= 0.6 is 0 Å². The third-order valence-corrected chi connectivity index (χ3v) is 4.23. The molecule has 4 heteroatoms. The maximum atomic E-state index is 13.8. The molecule has 2 aromatic carbocycles. The van der Waals surface area contributed by atoms with E-state index in [1.807, 2.05) is 37.3 Å². The maximum absolute atomic E-state index is 13.8. The molecule has 0 fully saturated rings. The largest absolute Gasteiger partial charge is 0.339 e. The zero-order chi connectivity index (χ0) is 16.8. The fraction of sp³-hybridized carbons (Fsp3) is 0.316. The van der Waals surface area contributed by atoms with E-state index >= 15 is 0 Å². The first-order valence-corrected chi connectivity index (χ1v) is 7.81. The van der Waals surface area contributed by atoms with Crippen molar-refractivity contribution in [1.29, 1.82) is 0 Å². The van der Waals surface area contributed by atoms with Crippen LogP contribution in [0.2, 0.25) is 0 Å². The number of amides is 1. The first-order valence-electron chi connectivity index (χ1n) is 7.81. The number of hydrogen-bond donors (Lipinski definition) is 1. The molecule has 2 rings (SSSR count). The molecule has 2 atom stereocenters. The van der Waals surface area contributed by atoms with Crippen molar-refractivity contribution in [3.05, 3.63) is 71.5 Å². The van der Waals surface area contributed by atoms with Crippen molar-refractivity contribution >= 4 is 5.91 Å². The van der Waals surface area contributed by atoms with E-state index in [1.54, 1.807) is 30.1 Å². The molecule has 0 aliphatic heterocycles. The third-order valence-electron chi connectivity index (χ3n) is 4.23. The molecule has 0 radical (unpaired) electrons. The van der Waals surface area contributed by atoms with Crippen LogP contribution in [0.15, 0.2) is 54.6 Å². The summed E-state index contributed by atoms with van der Waals surface area (Å²) in [6.45, 7) is 1.83. The summed E-state index contributed by atoms with van der Waals surface area (Å²) in [5, 5.41) is 0. The molecular weight excluding hydrogens is 291 g/mol. The van der Waals surface area contributed by atoms with Gasteiger partial charge in [-0.3, -0.25) is 4.79 Å². The SMILES string of the molecule is C[C@H](c1ccccc1F)N(C)C(=O)CC[C@@H](N)c1ccccc1. The molecule has 0 saturated carbocycles. The predicted molar refractivity (Wildman–Crippen MR) is 90.2 cm³/mol. The van der Waals surface area contributed by atoms with Gasteiger partial charge >= 0.3 is 0 Å². The van der Waals surface area contributed by atoms with Crippen LogP contribution in [-0.2, 0) is 4.79 Å². The summed E-state index contributed by atoms with van der Waals surface area (Å²) in [4.78, 5) is 13.9. The second kappa shape index (κ2) is 7.88. The van der Waals surface area contributed by atoms with Gasteiger partial charge in [-0.2, -0.15) is 0 Å². The Morgan fingerprint density at radius 2 is 1.74 bits per heavy atom. The Morgan fingerprint density at radius 3 is 2.39 bits per heavy atom. The van der Waals surface area contributed by atoms with Gasteiger partial charge in [0.25, 0.3) is 0 Å². The predicted octanol–water partition coefficient (Wildman–Crippen LogP) is 3.83. The van der Waals surface area contributed by atoms with Crippen LogP contribution in [0.5, 0.6) is 0 Å². The van der Waals surface area contributed by atoms with Gasteiger partial charge in [0.1, 0.15) is 5.82 Å². The van der Waals surface area contributed by atoms with E-state index in [0.29, 0.717) is 18.4 Å². The Labute approximate surface area is 136 Å². The lowest BCUT2D eigenvalue weighted by atomic mass is 10.0. The molecule has 0 spiro atoms. The Morgan fingerprint density at radius 1 is 1.13 bits per heavy atom. The number of rotatable bonds is 6. The van der Waals surface area contributed by atoms with Gasteiger partial charge in [-0.1, -0.05) is 48.5 Å². The third kappa shape index (κ3) is 4.39. The molecular formula is C19H23FN2O. The highest BCUT2D eigenvalue weighted by atomic mass is 19.1. The molecule has 0 bridgehead atoms. The highest BCUT2D eigenvalue weighted by molar-refractivity contribution is 5.76. The summed E-state index contributed by atoms with van der Waals surface area (Å²) in [5.74, 6) is -0.326. The molecule has 2 N–H and O–H groups in total. The van der Waals surface area contributed by atoms with Gasteiger partial charge < -0.3 is 10.6 Å². The van der Waals surface area contributed by atoms with E-state index in [9.17, 15) is 9.18 Å². The van der Waals surface area contributed by atoms with Crippen molar-refractivity contribution in [2.45, 2.75) is 31.8 Å². The summed E-state index contributed by atoms with van der Waals surface area (Å²) < 4.78 is 13.8. The van der Waals surface area contributed by atoms with Gasteiger partial charge in [0, 0.05) is 25.1 Å². The lowest BCUT2D eigenvalue weighted by Gasteiger charge is -2.26. The Hall–Kier alpha value is -2.20. The summed E-state index contributed by atoms with van der Waals surface area (Å²) >= 11 is 0. The number of nitrogens with zero attached hydrogens (tertiary/aromatic N) is 1. The summed E-state index contributed by atoms with van der Waals surface area (Å²) in [7, 11) is 1.70. The van der Waals surface area contributed by atoms with E-state index < -0.39 is 0 Å². The van der Waals surface area contributed by atoms with E-state index in [4.69, 9.17) is 5.73 Å². The summed E-state index contributed by atoms with van der Waals surface area (Å²) in [6, 6.07) is 15.8. The number of nitrogens with two attached hydrogens (primary N) is 1. The Bertz CT molecular complexity index is 645. The van der Waals surface area contributed by atoms with Gasteiger partial charge in [-0.25, -0.2) is 4.39 Å². The Kier molecular flexibility index (Phi) is 5.88. The van der Waals surface area contributed by atoms with Crippen molar-refractivity contribution in [3.8, 4) is 0 Å². The molecule has 0 aliphatic carbocycles. The van der Waals surface area contributed by atoms with Crippen molar-refractivity contribution in [2.24, 2.45) is 5.73 Å². The van der Waals surface area contributed by atoms with Crippen LogP contribution in [0.4, 0.5) is 4.39 Å². The summed E-state index contributed by atoms with van der Waals surface area (Å²) in [6.07, 6.45) is 0.905. The van der Waals surface area contributed by atoms with Crippen LogP contribution in [-0.4, -0.2) is 17.9 Å². The van der Waals surface area contributed by atoms with Gasteiger partial charge in [-0.15, -0.1) is 0 Å². The quantitative estimate of drug-likeness (QED) is 0.881. The van der Waals surface area contributed by atoms with Crippen LogP contribution in [0.1, 0.15) is 43.0 Å².